The molecule has 0 unspecified atom stereocenters. The lowest BCUT2D eigenvalue weighted by atomic mass is 10.1. The third-order valence-electron chi connectivity index (χ3n) is 2.37. The van der Waals surface area contributed by atoms with Crippen LogP contribution in [0.1, 0.15) is 18.9 Å². The fraction of sp³-hybridized carbons (Fsp3) is 0.364. The Hall–Kier alpha value is -1.51. The number of methoxy groups -OCH3 is 1. The number of H-pyrrole nitrogens is 1. The highest BCUT2D eigenvalue weighted by Gasteiger charge is 2.07. The van der Waals surface area contributed by atoms with Crippen LogP contribution in [0.4, 0.5) is 0 Å². The fourth-order valence-electron chi connectivity index (χ4n) is 1.72. The van der Waals surface area contributed by atoms with E-state index in [2.05, 4.69) is 16.9 Å². The van der Waals surface area contributed by atoms with Gasteiger partial charge in [0.15, 0.2) is 0 Å². The molecule has 3 heteroatoms. The van der Waals surface area contributed by atoms with Crippen LogP contribution in [0.5, 0.6) is 5.88 Å². The molecule has 14 heavy (non-hydrogen) atoms. The molecule has 0 aliphatic rings. The summed E-state index contributed by atoms with van der Waals surface area (Å²) in [5.41, 5.74) is 2.33. The van der Waals surface area contributed by atoms with Gasteiger partial charge in [0.2, 0.25) is 5.88 Å². The monoisotopic (exact) mass is 190 g/mol. The smallest absolute Gasteiger partial charge is 0.238 e. The molecular weight excluding hydrogens is 176 g/mol. The van der Waals surface area contributed by atoms with Crippen molar-refractivity contribution in [1.82, 2.24) is 9.97 Å². The third-order valence-corrected chi connectivity index (χ3v) is 2.37. The van der Waals surface area contributed by atoms with Crippen molar-refractivity contribution in [3.05, 3.63) is 24.0 Å². The van der Waals surface area contributed by atoms with E-state index in [0.717, 1.165) is 18.4 Å². The van der Waals surface area contributed by atoms with Gasteiger partial charge in [-0.2, -0.15) is 0 Å². The van der Waals surface area contributed by atoms with Crippen LogP contribution in [0.15, 0.2) is 18.5 Å². The number of hydrogen-bond donors (Lipinski definition) is 1. The van der Waals surface area contributed by atoms with Gasteiger partial charge in [-0.3, -0.25) is 0 Å². The standard InChI is InChI=1S/C11H14N2O/c1-3-4-8-7-13-10-9(8)5-6-12-11(10)14-2/h5-7,13H,3-4H2,1-2H3. The second-order valence-corrected chi connectivity index (χ2v) is 3.31. The second-order valence-electron chi connectivity index (χ2n) is 3.31. The zero-order valence-electron chi connectivity index (χ0n) is 8.50. The van der Waals surface area contributed by atoms with E-state index in [4.69, 9.17) is 4.74 Å². The van der Waals surface area contributed by atoms with Crippen molar-refractivity contribution in [1.29, 1.82) is 0 Å². The van der Waals surface area contributed by atoms with Crippen LogP contribution in [0.3, 0.4) is 0 Å². The van der Waals surface area contributed by atoms with Crippen LogP contribution in [-0.2, 0) is 6.42 Å². The lowest BCUT2D eigenvalue weighted by molar-refractivity contribution is 0.402. The van der Waals surface area contributed by atoms with E-state index in [9.17, 15) is 0 Å². The van der Waals surface area contributed by atoms with Crippen LogP contribution >= 0.6 is 0 Å². The highest BCUT2D eigenvalue weighted by molar-refractivity contribution is 5.86. The summed E-state index contributed by atoms with van der Waals surface area (Å²) < 4.78 is 5.18. The first-order valence-corrected chi connectivity index (χ1v) is 4.85. The van der Waals surface area contributed by atoms with Crippen molar-refractivity contribution in [2.24, 2.45) is 0 Å². The summed E-state index contributed by atoms with van der Waals surface area (Å²) in [6, 6.07) is 2.03. The highest BCUT2D eigenvalue weighted by Crippen LogP contribution is 2.25. The van der Waals surface area contributed by atoms with Gasteiger partial charge in [0.1, 0.15) is 5.52 Å². The van der Waals surface area contributed by atoms with Crippen LogP contribution in [0, 0.1) is 0 Å². The van der Waals surface area contributed by atoms with Gasteiger partial charge < -0.3 is 9.72 Å². The van der Waals surface area contributed by atoms with Gasteiger partial charge in [-0.1, -0.05) is 13.3 Å². The molecule has 0 saturated heterocycles. The van der Waals surface area contributed by atoms with E-state index >= 15 is 0 Å². The van der Waals surface area contributed by atoms with Gasteiger partial charge in [-0.05, 0) is 18.1 Å². The number of ether oxygens (including phenoxy) is 1. The fourth-order valence-corrected chi connectivity index (χ4v) is 1.72. The predicted molar refractivity (Wildman–Crippen MR) is 56.6 cm³/mol. The second kappa shape index (κ2) is 3.70. The van der Waals surface area contributed by atoms with E-state index in [1.807, 2.05) is 12.3 Å². The van der Waals surface area contributed by atoms with Gasteiger partial charge >= 0.3 is 0 Å². The number of rotatable bonds is 3. The molecule has 0 radical (unpaired) electrons. The number of pyridine rings is 1. The van der Waals surface area contributed by atoms with Crippen LogP contribution in [0.2, 0.25) is 0 Å². The first-order chi connectivity index (χ1) is 6.86. The lowest BCUT2D eigenvalue weighted by Gasteiger charge is -2.00. The summed E-state index contributed by atoms with van der Waals surface area (Å²) in [4.78, 5) is 7.35. The summed E-state index contributed by atoms with van der Waals surface area (Å²) >= 11 is 0. The molecule has 0 spiro atoms. The molecule has 0 bridgehead atoms. The van der Waals surface area contributed by atoms with E-state index in [1.54, 1.807) is 13.3 Å². The van der Waals surface area contributed by atoms with Crippen LogP contribution < -0.4 is 4.74 Å². The molecule has 0 fully saturated rings. The zero-order valence-corrected chi connectivity index (χ0v) is 8.50. The van der Waals surface area contributed by atoms with Crippen LogP contribution in [0.25, 0.3) is 10.9 Å². The Kier molecular flexibility index (Phi) is 2.39. The maximum atomic E-state index is 5.18. The molecule has 0 aliphatic heterocycles. The van der Waals surface area contributed by atoms with Crippen molar-refractivity contribution in [2.45, 2.75) is 19.8 Å². The minimum Gasteiger partial charge on any atom is -0.479 e. The van der Waals surface area contributed by atoms with Gasteiger partial charge in [0, 0.05) is 17.8 Å². The van der Waals surface area contributed by atoms with E-state index in [0.29, 0.717) is 5.88 Å². The molecule has 2 aromatic rings. The van der Waals surface area contributed by atoms with Crippen molar-refractivity contribution in [3.8, 4) is 5.88 Å². The Morgan fingerprint density at radius 3 is 3.07 bits per heavy atom. The number of nitrogens with zero attached hydrogens (tertiary/aromatic N) is 1. The lowest BCUT2D eigenvalue weighted by Crippen LogP contribution is -1.88. The Labute approximate surface area is 83.1 Å². The van der Waals surface area contributed by atoms with E-state index in [1.165, 1.54) is 10.9 Å². The number of aromatic nitrogens is 2. The number of fused-ring (bicyclic) bond motifs is 1. The van der Waals surface area contributed by atoms with Crippen molar-refractivity contribution < 1.29 is 4.74 Å². The summed E-state index contributed by atoms with van der Waals surface area (Å²) in [7, 11) is 1.64. The van der Waals surface area contributed by atoms with Gasteiger partial charge in [0.25, 0.3) is 0 Å². The quantitative estimate of drug-likeness (QED) is 0.807. The minimum atomic E-state index is 0.671. The van der Waals surface area contributed by atoms with E-state index < -0.39 is 0 Å². The maximum Gasteiger partial charge on any atom is 0.238 e. The number of aryl methyl sites for hydroxylation is 1. The summed E-state index contributed by atoms with van der Waals surface area (Å²) in [6.07, 6.45) is 6.07. The Morgan fingerprint density at radius 1 is 1.50 bits per heavy atom. The molecule has 74 valence electrons. The Balaban J connectivity index is 2.57. The minimum absolute atomic E-state index is 0.671. The molecule has 2 heterocycles. The molecule has 3 nitrogen and oxygen atoms in total. The predicted octanol–water partition coefficient (Wildman–Crippen LogP) is 2.52. The first kappa shape index (κ1) is 9.06. The van der Waals surface area contributed by atoms with Gasteiger partial charge in [-0.25, -0.2) is 4.98 Å². The molecule has 0 amide bonds. The van der Waals surface area contributed by atoms with Crippen LogP contribution in [-0.4, -0.2) is 17.1 Å². The molecule has 0 aromatic carbocycles. The summed E-state index contributed by atoms with van der Waals surface area (Å²) in [5, 5.41) is 1.22. The first-order valence-electron chi connectivity index (χ1n) is 4.85. The van der Waals surface area contributed by atoms with Crippen molar-refractivity contribution >= 4 is 10.9 Å². The topological polar surface area (TPSA) is 37.9 Å². The normalized spacial score (nSPS) is 10.7. The zero-order chi connectivity index (χ0) is 9.97. The van der Waals surface area contributed by atoms with Crippen molar-refractivity contribution in [2.75, 3.05) is 7.11 Å². The molecule has 0 aliphatic carbocycles. The molecule has 2 rings (SSSR count). The highest BCUT2D eigenvalue weighted by atomic mass is 16.5. The average molecular weight is 190 g/mol. The summed E-state index contributed by atoms with van der Waals surface area (Å²) in [6.45, 7) is 2.18. The maximum absolute atomic E-state index is 5.18. The van der Waals surface area contributed by atoms with Gasteiger partial charge in [0.05, 0.1) is 7.11 Å². The Morgan fingerprint density at radius 2 is 2.36 bits per heavy atom. The Bertz CT molecular complexity index is 434. The van der Waals surface area contributed by atoms with Gasteiger partial charge in [-0.15, -0.1) is 0 Å². The SMILES string of the molecule is CCCc1c[nH]c2c(OC)nccc12. The number of aromatic amines is 1. The molecule has 0 atom stereocenters. The van der Waals surface area contributed by atoms with Crippen molar-refractivity contribution in [3.63, 3.8) is 0 Å². The largest absolute Gasteiger partial charge is 0.479 e. The summed E-state index contributed by atoms with van der Waals surface area (Å²) in [5.74, 6) is 0.671. The number of nitrogens with one attached hydrogen (secondary N) is 1. The number of hydrogen-bond acceptors (Lipinski definition) is 2. The third kappa shape index (κ3) is 1.35. The molecular formula is C11H14N2O. The molecule has 0 saturated carbocycles. The average Bonchev–Trinajstić information content (AvgIpc) is 2.62. The van der Waals surface area contributed by atoms with E-state index in [-0.39, 0.29) is 0 Å². The molecule has 2 aromatic heterocycles. The molecule has 1 N–H and O–H groups in total.